The SMILES string of the molecule is Cc1nc(CC2CSCC2=O)co1. The number of nitrogens with zero attached hydrogens (tertiary/aromatic N) is 1. The quantitative estimate of drug-likeness (QED) is 0.720. The minimum absolute atomic E-state index is 0.162. The van der Waals surface area contributed by atoms with Crippen LogP contribution in [0.25, 0.3) is 0 Å². The summed E-state index contributed by atoms with van der Waals surface area (Å²) in [6.07, 6.45) is 2.38. The first-order chi connectivity index (χ1) is 6.25. The highest BCUT2D eigenvalue weighted by Gasteiger charge is 2.25. The van der Waals surface area contributed by atoms with Gasteiger partial charge < -0.3 is 4.42 Å². The number of carbonyl (C=O) groups is 1. The molecule has 0 radical (unpaired) electrons. The lowest BCUT2D eigenvalue weighted by Gasteiger charge is -2.01. The second-order valence-electron chi connectivity index (χ2n) is 3.24. The van der Waals surface area contributed by atoms with Gasteiger partial charge >= 0.3 is 0 Å². The molecule has 1 aliphatic heterocycles. The van der Waals surface area contributed by atoms with Gasteiger partial charge in [-0.3, -0.25) is 4.79 Å². The van der Waals surface area contributed by atoms with Crippen LogP contribution in [-0.4, -0.2) is 22.3 Å². The van der Waals surface area contributed by atoms with Crippen LogP contribution in [0, 0.1) is 12.8 Å². The van der Waals surface area contributed by atoms with Crippen molar-refractivity contribution < 1.29 is 9.21 Å². The van der Waals surface area contributed by atoms with Gasteiger partial charge in [0.15, 0.2) is 5.89 Å². The van der Waals surface area contributed by atoms with Gasteiger partial charge in [-0.15, -0.1) is 0 Å². The normalized spacial score (nSPS) is 22.5. The predicted molar refractivity (Wildman–Crippen MR) is 50.8 cm³/mol. The average molecular weight is 197 g/mol. The van der Waals surface area contributed by atoms with Crippen LogP contribution >= 0.6 is 11.8 Å². The van der Waals surface area contributed by atoms with Gasteiger partial charge in [0.05, 0.1) is 11.4 Å². The van der Waals surface area contributed by atoms with E-state index in [1.807, 2.05) is 6.92 Å². The molecule has 1 saturated heterocycles. The molecule has 2 heterocycles. The second kappa shape index (κ2) is 3.54. The Balaban J connectivity index is 2.01. The summed E-state index contributed by atoms with van der Waals surface area (Å²) < 4.78 is 5.08. The summed E-state index contributed by atoms with van der Waals surface area (Å²) in [5.41, 5.74) is 0.901. The minimum atomic E-state index is 0.162. The predicted octanol–water partition coefficient (Wildman–Crippen LogP) is 1.46. The number of rotatable bonds is 2. The van der Waals surface area contributed by atoms with Crippen LogP contribution in [0.1, 0.15) is 11.6 Å². The Morgan fingerprint density at radius 2 is 2.62 bits per heavy atom. The smallest absolute Gasteiger partial charge is 0.191 e. The molecule has 1 aliphatic rings. The maximum atomic E-state index is 11.3. The molecule has 1 aromatic heterocycles. The van der Waals surface area contributed by atoms with Crippen LogP contribution in [0.4, 0.5) is 0 Å². The number of hydrogen-bond donors (Lipinski definition) is 0. The molecule has 2 rings (SSSR count). The Labute approximate surface area is 80.9 Å². The number of Topliss-reactive ketones (excluding diaryl/α,β-unsaturated/α-hetero) is 1. The molecule has 0 saturated carbocycles. The molecular formula is C9H11NO2S. The van der Waals surface area contributed by atoms with E-state index >= 15 is 0 Å². The standard InChI is InChI=1S/C9H11NO2S/c1-6-10-8(3-12-6)2-7-4-13-5-9(7)11/h3,7H,2,4-5H2,1H3. The Morgan fingerprint density at radius 3 is 3.15 bits per heavy atom. The lowest BCUT2D eigenvalue weighted by Crippen LogP contribution is -2.14. The molecule has 0 amide bonds. The van der Waals surface area contributed by atoms with E-state index in [4.69, 9.17) is 4.42 Å². The van der Waals surface area contributed by atoms with E-state index in [0.29, 0.717) is 17.4 Å². The Kier molecular flexibility index (Phi) is 2.40. The van der Waals surface area contributed by atoms with Gasteiger partial charge in [0.2, 0.25) is 0 Å². The first-order valence-corrected chi connectivity index (χ1v) is 5.42. The molecule has 0 aromatic carbocycles. The van der Waals surface area contributed by atoms with E-state index in [1.165, 1.54) is 0 Å². The Hall–Kier alpha value is -0.770. The highest BCUT2D eigenvalue weighted by molar-refractivity contribution is 8.00. The number of hydrogen-bond acceptors (Lipinski definition) is 4. The molecule has 1 aromatic rings. The van der Waals surface area contributed by atoms with Gasteiger partial charge in [-0.05, 0) is 0 Å². The molecule has 0 spiro atoms. The first-order valence-electron chi connectivity index (χ1n) is 4.27. The van der Waals surface area contributed by atoms with Gasteiger partial charge in [-0.1, -0.05) is 0 Å². The topological polar surface area (TPSA) is 43.1 Å². The molecule has 0 aliphatic carbocycles. The summed E-state index contributed by atoms with van der Waals surface area (Å²) in [5.74, 6) is 2.79. The number of ketones is 1. The van der Waals surface area contributed by atoms with E-state index in [9.17, 15) is 4.79 Å². The number of thioether (sulfide) groups is 1. The lowest BCUT2D eigenvalue weighted by atomic mass is 10.0. The zero-order valence-corrected chi connectivity index (χ0v) is 8.26. The highest BCUT2D eigenvalue weighted by Crippen LogP contribution is 2.23. The molecule has 0 N–H and O–H groups in total. The third-order valence-electron chi connectivity index (χ3n) is 2.14. The van der Waals surface area contributed by atoms with Crippen LogP contribution in [-0.2, 0) is 11.2 Å². The van der Waals surface area contributed by atoms with Crippen molar-refractivity contribution in [2.75, 3.05) is 11.5 Å². The maximum absolute atomic E-state index is 11.3. The zero-order chi connectivity index (χ0) is 9.26. The van der Waals surface area contributed by atoms with Gasteiger partial charge in [0.1, 0.15) is 12.0 Å². The first kappa shape index (κ1) is 8.81. The fraction of sp³-hybridized carbons (Fsp3) is 0.556. The monoisotopic (exact) mass is 197 g/mol. The Bertz CT molecular complexity index is 321. The number of carbonyl (C=O) groups excluding carboxylic acids is 1. The van der Waals surface area contributed by atoms with Gasteiger partial charge in [-0.25, -0.2) is 4.98 Å². The zero-order valence-electron chi connectivity index (χ0n) is 7.45. The van der Waals surface area contributed by atoms with Crippen LogP contribution in [0.15, 0.2) is 10.7 Å². The van der Waals surface area contributed by atoms with Crippen molar-refractivity contribution in [1.29, 1.82) is 0 Å². The fourth-order valence-corrected chi connectivity index (χ4v) is 2.58. The molecule has 1 unspecified atom stereocenters. The second-order valence-corrected chi connectivity index (χ2v) is 4.27. The van der Waals surface area contributed by atoms with Crippen molar-refractivity contribution in [2.24, 2.45) is 5.92 Å². The minimum Gasteiger partial charge on any atom is -0.449 e. The summed E-state index contributed by atoms with van der Waals surface area (Å²) >= 11 is 1.71. The van der Waals surface area contributed by atoms with E-state index in [-0.39, 0.29) is 5.92 Å². The molecule has 1 fully saturated rings. The van der Waals surface area contributed by atoms with Crippen molar-refractivity contribution in [1.82, 2.24) is 4.98 Å². The third-order valence-corrected chi connectivity index (χ3v) is 3.27. The average Bonchev–Trinajstić information content (AvgIpc) is 2.64. The van der Waals surface area contributed by atoms with E-state index in [2.05, 4.69) is 4.98 Å². The van der Waals surface area contributed by atoms with Crippen molar-refractivity contribution in [3.63, 3.8) is 0 Å². The summed E-state index contributed by atoms with van der Waals surface area (Å²) in [4.78, 5) is 15.5. The number of aryl methyl sites for hydroxylation is 1. The maximum Gasteiger partial charge on any atom is 0.191 e. The molecule has 3 nitrogen and oxygen atoms in total. The van der Waals surface area contributed by atoms with E-state index < -0.39 is 0 Å². The molecule has 1 atom stereocenters. The molecule has 13 heavy (non-hydrogen) atoms. The van der Waals surface area contributed by atoms with Crippen LogP contribution in [0.3, 0.4) is 0 Å². The van der Waals surface area contributed by atoms with E-state index in [0.717, 1.165) is 17.9 Å². The van der Waals surface area contributed by atoms with Crippen LogP contribution in [0.2, 0.25) is 0 Å². The number of aromatic nitrogens is 1. The fourth-order valence-electron chi connectivity index (χ4n) is 1.44. The highest BCUT2D eigenvalue weighted by atomic mass is 32.2. The third kappa shape index (κ3) is 1.94. The molecular weight excluding hydrogens is 186 g/mol. The summed E-state index contributed by atoms with van der Waals surface area (Å²) in [6, 6.07) is 0. The van der Waals surface area contributed by atoms with E-state index in [1.54, 1.807) is 18.0 Å². The summed E-state index contributed by atoms with van der Waals surface area (Å²) in [7, 11) is 0. The van der Waals surface area contributed by atoms with Crippen molar-refractivity contribution in [3.8, 4) is 0 Å². The van der Waals surface area contributed by atoms with Crippen molar-refractivity contribution in [3.05, 3.63) is 17.8 Å². The molecule has 4 heteroatoms. The Morgan fingerprint density at radius 1 is 1.77 bits per heavy atom. The summed E-state index contributed by atoms with van der Waals surface area (Å²) in [5, 5.41) is 0. The van der Waals surface area contributed by atoms with Gasteiger partial charge in [-0.2, -0.15) is 11.8 Å². The number of oxazole rings is 1. The molecule has 70 valence electrons. The van der Waals surface area contributed by atoms with Crippen molar-refractivity contribution in [2.45, 2.75) is 13.3 Å². The van der Waals surface area contributed by atoms with Gasteiger partial charge in [0.25, 0.3) is 0 Å². The van der Waals surface area contributed by atoms with Gasteiger partial charge in [0, 0.05) is 25.0 Å². The molecule has 0 bridgehead atoms. The largest absolute Gasteiger partial charge is 0.449 e. The van der Waals surface area contributed by atoms with Crippen LogP contribution < -0.4 is 0 Å². The lowest BCUT2D eigenvalue weighted by molar-refractivity contribution is -0.119. The van der Waals surface area contributed by atoms with Crippen molar-refractivity contribution >= 4 is 17.5 Å². The summed E-state index contributed by atoms with van der Waals surface area (Å²) in [6.45, 7) is 1.81. The van der Waals surface area contributed by atoms with Crippen LogP contribution in [0.5, 0.6) is 0 Å².